The third-order valence-electron chi connectivity index (χ3n) is 4.77. The maximum atomic E-state index is 2.80. The quantitative estimate of drug-likeness (QED) is 0.453. The van der Waals surface area contributed by atoms with Crippen LogP contribution in [0, 0.1) is 0 Å². The molecular formula is C18H37N. The van der Waals surface area contributed by atoms with Gasteiger partial charge in [-0.05, 0) is 38.8 Å². The molecule has 0 amide bonds. The number of rotatable bonds is 10. The fourth-order valence-corrected chi connectivity index (χ4v) is 3.44. The molecule has 1 aliphatic heterocycles. The van der Waals surface area contributed by atoms with E-state index in [4.69, 9.17) is 0 Å². The van der Waals surface area contributed by atoms with Gasteiger partial charge >= 0.3 is 0 Å². The van der Waals surface area contributed by atoms with Crippen molar-refractivity contribution in [3.05, 3.63) is 0 Å². The van der Waals surface area contributed by atoms with E-state index in [9.17, 15) is 0 Å². The molecule has 1 heteroatoms. The Morgan fingerprint density at radius 1 is 0.737 bits per heavy atom. The Hall–Kier alpha value is -0.0400. The summed E-state index contributed by atoms with van der Waals surface area (Å²) in [5.74, 6) is 0. The Morgan fingerprint density at radius 3 is 1.89 bits per heavy atom. The van der Waals surface area contributed by atoms with Gasteiger partial charge in [-0.25, -0.2) is 0 Å². The molecule has 0 aliphatic carbocycles. The average Bonchev–Trinajstić information content (AvgIpc) is 2.71. The van der Waals surface area contributed by atoms with E-state index < -0.39 is 0 Å². The van der Waals surface area contributed by atoms with Crippen LogP contribution < -0.4 is 0 Å². The molecule has 0 spiro atoms. The highest BCUT2D eigenvalue weighted by atomic mass is 15.1. The van der Waals surface area contributed by atoms with Crippen molar-refractivity contribution in [1.29, 1.82) is 0 Å². The number of likely N-dealkylation sites (tertiary alicyclic amines) is 1. The van der Waals surface area contributed by atoms with Gasteiger partial charge in [0.25, 0.3) is 0 Å². The van der Waals surface area contributed by atoms with E-state index in [0.717, 1.165) is 6.04 Å². The van der Waals surface area contributed by atoms with Crippen LogP contribution in [-0.2, 0) is 0 Å². The van der Waals surface area contributed by atoms with E-state index in [-0.39, 0.29) is 0 Å². The molecule has 1 fully saturated rings. The van der Waals surface area contributed by atoms with Crippen LogP contribution in [0.5, 0.6) is 0 Å². The van der Waals surface area contributed by atoms with Gasteiger partial charge in [0.1, 0.15) is 0 Å². The summed E-state index contributed by atoms with van der Waals surface area (Å²) in [6.45, 7) is 7.42. The highest BCUT2D eigenvalue weighted by Crippen LogP contribution is 2.19. The zero-order valence-corrected chi connectivity index (χ0v) is 13.6. The van der Waals surface area contributed by atoms with Crippen LogP contribution in [0.15, 0.2) is 0 Å². The Bertz CT molecular complexity index is 182. The fourth-order valence-electron chi connectivity index (χ4n) is 3.44. The molecule has 0 bridgehead atoms. The van der Waals surface area contributed by atoms with Crippen molar-refractivity contribution in [1.82, 2.24) is 4.90 Å². The Labute approximate surface area is 122 Å². The van der Waals surface area contributed by atoms with Crippen LogP contribution in [0.25, 0.3) is 0 Å². The molecule has 114 valence electrons. The summed E-state index contributed by atoms with van der Waals surface area (Å²) < 4.78 is 0. The number of unbranched alkanes of at least 4 members (excludes halogenated alkanes) is 6. The second kappa shape index (κ2) is 11.8. The van der Waals surface area contributed by atoms with E-state index in [0.29, 0.717) is 0 Å². The van der Waals surface area contributed by atoms with Crippen LogP contribution in [0.3, 0.4) is 0 Å². The molecule has 1 heterocycles. The Balaban J connectivity index is 2.07. The summed E-state index contributed by atoms with van der Waals surface area (Å²) in [4.78, 5) is 2.80. The molecule has 1 aliphatic rings. The Morgan fingerprint density at radius 2 is 1.32 bits per heavy atom. The third kappa shape index (κ3) is 7.97. The summed E-state index contributed by atoms with van der Waals surface area (Å²) in [6.07, 6.45) is 18.7. The Kier molecular flexibility index (Phi) is 10.5. The molecule has 0 N–H and O–H groups in total. The molecule has 0 radical (unpaired) electrons. The molecule has 1 unspecified atom stereocenters. The van der Waals surface area contributed by atoms with E-state index in [1.165, 1.54) is 96.6 Å². The maximum absolute atomic E-state index is 2.80. The number of hydrogen-bond acceptors (Lipinski definition) is 1. The van der Waals surface area contributed by atoms with Crippen molar-refractivity contribution in [2.45, 2.75) is 103 Å². The summed E-state index contributed by atoms with van der Waals surface area (Å²) in [7, 11) is 0. The van der Waals surface area contributed by atoms with Gasteiger partial charge in [-0.15, -0.1) is 0 Å². The van der Waals surface area contributed by atoms with Crippen molar-refractivity contribution < 1.29 is 0 Å². The minimum atomic E-state index is 0.883. The fraction of sp³-hybridized carbons (Fsp3) is 1.00. The zero-order valence-electron chi connectivity index (χ0n) is 13.6. The van der Waals surface area contributed by atoms with Gasteiger partial charge in [0.15, 0.2) is 0 Å². The van der Waals surface area contributed by atoms with Crippen LogP contribution in [0.1, 0.15) is 97.3 Å². The predicted molar refractivity (Wildman–Crippen MR) is 86.7 cm³/mol. The van der Waals surface area contributed by atoms with Crippen molar-refractivity contribution in [3.63, 3.8) is 0 Å². The first-order valence-electron chi connectivity index (χ1n) is 9.12. The predicted octanol–water partition coefficient (Wildman–Crippen LogP) is 5.78. The minimum Gasteiger partial charge on any atom is -0.300 e. The van der Waals surface area contributed by atoms with Gasteiger partial charge in [-0.3, -0.25) is 0 Å². The van der Waals surface area contributed by atoms with Crippen LogP contribution in [0.2, 0.25) is 0 Å². The van der Waals surface area contributed by atoms with E-state index >= 15 is 0 Å². The third-order valence-corrected chi connectivity index (χ3v) is 4.77. The van der Waals surface area contributed by atoms with Crippen LogP contribution in [-0.4, -0.2) is 24.0 Å². The molecule has 1 rings (SSSR count). The standard InChI is InChI=1S/C18H37N/c1-3-5-6-7-8-9-12-15-18(4-2)19-16-13-10-11-14-17-19/h18H,3-17H2,1-2H3. The first-order valence-corrected chi connectivity index (χ1v) is 9.12. The van der Waals surface area contributed by atoms with Gasteiger partial charge in [0.05, 0.1) is 0 Å². The second-order valence-electron chi connectivity index (χ2n) is 6.42. The minimum absolute atomic E-state index is 0.883. The summed E-state index contributed by atoms with van der Waals surface area (Å²) in [5, 5.41) is 0. The van der Waals surface area contributed by atoms with Gasteiger partial charge in [-0.2, -0.15) is 0 Å². The van der Waals surface area contributed by atoms with Gasteiger partial charge < -0.3 is 4.90 Å². The monoisotopic (exact) mass is 267 g/mol. The molecule has 0 aromatic heterocycles. The number of nitrogens with zero attached hydrogens (tertiary/aromatic N) is 1. The summed E-state index contributed by atoms with van der Waals surface area (Å²) in [5.41, 5.74) is 0. The van der Waals surface area contributed by atoms with Crippen LogP contribution in [0.4, 0.5) is 0 Å². The van der Waals surface area contributed by atoms with Crippen molar-refractivity contribution >= 4 is 0 Å². The molecule has 0 saturated carbocycles. The molecule has 0 aromatic carbocycles. The molecular weight excluding hydrogens is 230 g/mol. The second-order valence-corrected chi connectivity index (χ2v) is 6.42. The summed E-state index contributed by atoms with van der Waals surface area (Å²) >= 11 is 0. The van der Waals surface area contributed by atoms with E-state index in [2.05, 4.69) is 18.7 Å². The topological polar surface area (TPSA) is 3.24 Å². The first kappa shape index (κ1) is 17.0. The maximum Gasteiger partial charge on any atom is 0.00926 e. The molecule has 1 nitrogen and oxygen atoms in total. The lowest BCUT2D eigenvalue weighted by Gasteiger charge is -2.30. The molecule has 0 aromatic rings. The van der Waals surface area contributed by atoms with E-state index in [1.54, 1.807) is 0 Å². The molecule has 19 heavy (non-hydrogen) atoms. The zero-order chi connectivity index (χ0) is 13.8. The largest absolute Gasteiger partial charge is 0.300 e. The van der Waals surface area contributed by atoms with Crippen LogP contribution >= 0.6 is 0 Å². The lowest BCUT2D eigenvalue weighted by Crippen LogP contribution is -2.35. The van der Waals surface area contributed by atoms with E-state index in [1.807, 2.05) is 0 Å². The van der Waals surface area contributed by atoms with Crippen molar-refractivity contribution in [2.24, 2.45) is 0 Å². The normalized spacial score (nSPS) is 19.3. The van der Waals surface area contributed by atoms with Gasteiger partial charge in [0.2, 0.25) is 0 Å². The molecule has 1 saturated heterocycles. The highest BCUT2D eigenvalue weighted by molar-refractivity contribution is 4.73. The molecule has 1 atom stereocenters. The van der Waals surface area contributed by atoms with Gasteiger partial charge in [0, 0.05) is 6.04 Å². The average molecular weight is 268 g/mol. The first-order chi connectivity index (χ1) is 9.38. The number of hydrogen-bond donors (Lipinski definition) is 0. The SMILES string of the molecule is CCCCCCCCCC(CC)N1CCCCCC1. The smallest absolute Gasteiger partial charge is 0.00926 e. The lowest BCUT2D eigenvalue weighted by molar-refractivity contribution is 0.184. The lowest BCUT2D eigenvalue weighted by atomic mass is 10.0. The van der Waals surface area contributed by atoms with Gasteiger partial charge in [-0.1, -0.05) is 71.6 Å². The summed E-state index contributed by atoms with van der Waals surface area (Å²) in [6, 6.07) is 0.883. The van der Waals surface area contributed by atoms with Crippen molar-refractivity contribution in [3.8, 4) is 0 Å². The highest BCUT2D eigenvalue weighted by Gasteiger charge is 2.17. The van der Waals surface area contributed by atoms with Crippen molar-refractivity contribution in [2.75, 3.05) is 13.1 Å².